The summed E-state index contributed by atoms with van der Waals surface area (Å²) < 4.78 is 37.1. The second kappa shape index (κ2) is 7.12. The van der Waals surface area contributed by atoms with Crippen molar-refractivity contribution in [3.8, 4) is 11.5 Å². The van der Waals surface area contributed by atoms with Gasteiger partial charge in [-0.1, -0.05) is 29.8 Å². The number of benzene rings is 2. The first kappa shape index (κ1) is 17.2. The molecule has 25 heavy (non-hydrogen) atoms. The van der Waals surface area contributed by atoms with Crippen LogP contribution in [0.15, 0.2) is 47.4 Å². The predicted octanol–water partition coefficient (Wildman–Crippen LogP) is 1.32. The molecule has 2 N–H and O–H groups in total. The van der Waals surface area contributed by atoms with Crippen molar-refractivity contribution in [2.24, 2.45) is 0 Å². The van der Waals surface area contributed by atoms with Crippen molar-refractivity contribution >= 4 is 15.9 Å². The Morgan fingerprint density at radius 2 is 1.80 bits per heavy atom. The van der Waals surface area contributed by atoms with Crippen molar-refractivity contribution in [2.45, 2.75) is 18.4 Å². The monoisotopic (exact) mass is 362 g/mol. The summed E-state index contributed by atoms with van der Waals surface area (Å²) in [5.41, 5.74) is 2.07. The van der Waals surface area contributed by atoms with E-state index in [-0.39, 0.29) is 18.2 Å². The molecule has 0 unspecified atom stereocenters. The molecule has 0 radical (unpaired) electrons. The summed E-state index contributed by atoms with van der Waals surface area (Å²) in [4.78, 5) is 11.9. The number of nitrogens with one attached hydrogen (secondary N) is 2. The molecule has 132 valence electrons. The number of aryl methyl sites for hydroxylation is 1. The van der Waals surface area contributed by atoms with Crippen LogP contribution in [0.25, 0.3) is 0 Å². The van der Waals surface area contributed by atoms with E-state index in [2.05, 4.69) is 10.0 Å². The summed E-state index contributed by atoms with van der Waals surface area (Å²) in [6.45, 7) is 2.04. The molecule has 1 aliphatic heterocycles. The Labute approximate surface area is 146 Å². The molecule has 1 aliphatic rings. The molecule has 0 aromatic heterocycles. The van der Waals surface area contributed by atoms with E-state index < -0.39 is 15.9 Å². The molecule has 0 atom stereocenters. The van der Waals surface area contributed by atoms with Crippen LogP contribution in [0.4, 0.5) is 0 Å². The number of carbonyl (C=O) groups excluding carboxylic acids is 1. The fourth-order valence-electron chi connectivity index (χ4n) is 2.26. The highest BCUT2D eigenvalue weighted by Crippen LogP contribution is 2.33. The molecule has 1 amide bonds. The van der Waals surface area contributed by atoms with Gasteiger partial charge < -0.3 is 14.8 Å². The number of fused-ring (bicyclic) bond motifs is 1. The standard InChI is InChI=1S/C17H18N2O5S/c1-12-2-4-13(5-3-12)9-18-17(20)10-19-25(21,22)14-6-7-15-16(8-14)24-11-23-15/h2-8,19H,9-11H2,1H3,(H,18,20). The molecule has 0 fully saturated rings. The fourth-order valence-corrected chi connectivity index (χ4v) is 3.25. The first-order valence-corrected chi connectivity index (χ1v) is 9.14. The molecular weight excluding hydrogens is 344 g/mol. The second-order valence-corrected chi connectivity index (χ2v) is 7.37. The van der Waals surface area contributed by atoms with Crippen LogP contribution in [0.3, 0.4) is 0 Å². The highest BCUT2D eigenvalue weighted by molar-refractivity contribution is 7.89. The fraction of sp³-hybridized carbons (Fsp3) is 0.235. The zero-order chi connectivity index (χ0) is 17.9. The molecule has 0 aliphatic carbocycles. The van der Waals surface area contributed by atoms with E-state index in [4.69, 9.17) is 9.47 Å². The first-order chi connectivity index (χ1) is 11.9. The van der Waals surface area contributed by atoms with Crippen molar-refractivity contribution in [1.82, 2.24) is 10.0 Å². The summed E-state index contributed by atoms with van der Waals surface area (Å²) in [7, 11) is -3.81. The maximum Gasteiger partial charge on any atom is 0.241 e. The number of hydrogen-bond donors (Lipinski definition) is 2. The van der Waals surface area contributed by atoms with Crippen LogP contribution >= 0.6 is 0 Å². The Morgan fingerprint density at radius 3 is 2.56 bits per heavy atom. The van der Waals surface area contributed by atoms with Gasteiger partial charge in [-0.15, -0.1) is 0 Å². The zero-order valence-electron chi connectivity index (χ0n) is 13.6. The van der Waals surface area contributed by atoms with Gasteiger partial charge in [0, 0.05) is 12.6 Å². The van der Waals surface area contributed by atoms with Crippen molar-refractivity contribution in [3.05, 3.63) is 53.6 Å². The largest absolute Gasteiger partial charge is 0.454 e. The molecule has 2 aromatic carbocycles. The highest BCUT2D eigenvalue weighted by atomic mass is 32.2. The molecule has 0 spiro atoms. The van der Waals surface area contributed by atoms with Crippen LogP contribution in [0.2, 0.25) is 0 Å². The molecule has 0 saturated carbocycles. The third kappa shape index (κ3) is 4.28. The average molecular weight is 362 g/mol. The summed E-state index contributed by atoms with van der Waals surface area (Å²) in [5.74, 6) is 0.450. The Hall–Kier alpha value is -2.58. The van der Waals surface area contributed by atoms with Crippen LogP contribution in [-0.2, 0) is 21.4 Å². The van der Waals surface area contributed by atoms with E-state index in [0.29, 0.717) is 18.0 Å². The molecule has 0 bridgehead atoms. The lowest BCUT2D eigenvalue weighted by Gasteiger charge is -2.09. The topological polar surface area (TPSA) is 93.7 Å². The van der Waals surface area contributed by atoms with Gasteiger partial charge in [0.25, 0.3) is 0 Å². The van der Waals surface area contributed by atoms with E-state index in [1.54, 1.807) is 0 Å². The van der Waals surface area contributed by atoms with Gasteiger partial charge in [-0.05, 0) is 24.6 Å². The smallest absolute Gasteiger partial charge is 0.241 e. The normalized spacial score (nSPS) is 12.8. The van der Waals surface area contributed by atoms with E-state index in [9.17, 15) is 13.2 Å². The minimum absolute atomic E-state index is 0.0167. The molecule has 3 rings (SSSR count). The predicted molar refractivity (Wildman–Crippen MR) is 90.8 cm³/mol. The Bertz CT molecular complexity index is 878. The van der Waals surface area contributed by atoms with E-state index in [1.165, 1.54) is 18.2 Å². The number of hydrogen-bond acceptors (Lipinski definition) is 5. The van der Waals surface area contributed by atoms with Gasteiger partial charge >= 0.3 is 0 Å². The van der Waals surface area contributed by atoms with Gasteiger partial charge in [0.1, 0.15) is 0 Å². The second-order valence-electron chi connectivity index (χ2n) is 5.60. The number of rotatable bonds is 6. The van der Waals surface area contributed by atoms with Gasteiger partial charge in [-0.2, -0.15) is 0 Å². The number of amides is 1. The van der Waals surface area contributed by atoms with Crippen LogP contribution < -0.4 is 19.5 Å². The van der Waals surface area contributed by atoms with Crippen LogP contribution in [-0.4, -0.2) is 27.7 Å². The van der Waals surface area contributed by atoms with Crippen molar-refractivity contribution < 1.29 is 22.7 Å². The minimum Gasteiger partial charge on any atom is -0.454 e. The summed E-state index contributed by atoms with van der Waals surface area (Å²) in [6.07, 6.45) is 0. The lowest BCUT2D eigenvalue weighted by atomic mass is 10.1. The third-order valence-corrected chi connectivity index (χ3v) is 5.09. The first-order valence-electron chi connectivity index (χ1n) is 7.65. The van der Waals surface area contributed by atoms with Crippen LogP contribution in [0.1, 0.15) is 11.1 Å². The summed E-state index contributed by atoms with van der Waals surface area (Å²) >= 11 is 0. The van der Waals surface area contributed by atoms with Crippen LogP contribution in [0.5, 0.6) is 11.5 Å². The third-order valence-electron chi connectivity index (χ3n) is 3.69. The highest BCUT2D eigenvalue weighted by Gasteiger charge is 2.20. The SMILES string of the molecule is Cc1ccc(CNC(=O)CNS(=O)(=O)c2ccc3c(c2)OCO3)cc1. The van der Waals surface area contributed by atoms with E-state index in [0.717, 1.165) is 11.1 Å². The van der Waals surface area contributed by atoms with E-state index in [1.807, 2.05) is 31.2 Å². The van der Waals surface area contributed by atoms with Gasteiger partial charge in [-0.25, -0.2) is 13.1 Å². The zero-order valence-corrected chi connectivity index (χ0v) is 14.4. The van der Waals surface area contributed by atoms with Gasteiger partial charge in [0.2, 0.25) is 22.7 Å². The number of sulfonamides is 1. The lowest BCUT2D eigenvalue weighted by molar-refractivity contribution is -0.120. The van der Waals surface area contributed by atoms with E-state index >= 15 is 0 Å². The van der Waals surface area contributed by atoms with Crippen molar-refractivity contribution in [1.29, 1.82) is 0 Å². The Kier molecular flexibility index (Phi) is 4.91. The molecule has 8 heteroatoms. The number of carbonyl (C=O) groups is 1. The quantitative estimate of drug-likeness (QED) is 0.808. The molecule has 7 nitrogen and oxygen atoms in total. The lowest BCUT2D eigenvalue weighted by Crippen LogP contribution is -2.36. The molecule has 1 heterocycles. The maximum atomic E-state index is 12.3. The van der Waals surface area contributed by atoms with Crippen molar-refractivity contribution in [2.75, 3.05) is 13.3 Å². The van der Waals surface area contributed by atoms with Gasteiger partial charge in [0.05, 0.1) is 11.4 Å². The van der Waals surface area contributed by atoms with Gasteiger partial charge in [0.15, 0.2) is 11.5 Å². The summed E-state index contributed by atoms with van der Waals surface area (Å²) in [5, 5.41) is 2.67. The van der Waals surface area contributed by atoms with Crippen molar-refractivity contribution in [3.63, 3.8) is 0 Å². The average Bonchev–Trinajstić information content (AvgIpc) is 3.07. The molecule has 2 aromatic rings. The Morgan fingerprint density at radius 1 is 1.08 bits per heavy atom. The Balaban J connectivity index is 1.54. The van der Waals surface area contributed by atoms with Gasteiger partial charge in [-0.3, -0.25) is 4.79 Å². The summed E-state index contributed by atoms with van der Waals surface area (Å²) in [6, 6.07) is 12.0. The minimum atomic E-state index is -3.81. The molecular formula is C17H18N2O5S. The number of ether oxygens (including phenoxy) is 2. The molecule has 0 saturated heterocycles. The van der Waals surface area contributed by atoms with Crippen LogP contribution in [0, 0.1) is 6.92 Å². The maximum absolute atomic E-state index is 12.3.